The molecule has 0 amide bonds. The van der Waals surface area contributed by atoms with Gasteiger partial charge < -0.3 is 4.74 Å². The summed E-state index contributed by atoms with van der Waals surface area (Å²) in [6.45, 7) is 7.96. The molecule has 0 N–H and O–H groups in total. The Morgan fingerprint density at radius 3 is 2.59 bits per heavy atom. The van der Waals surface area contributed by atoms with E-state index < -0.39 is 11.8 Å². The second-order valence-corrected chi connectivity index (χ2v) is 11.2. The number of benzene rings is 2. The van der Waals surface area contributed by atoms with Crippen molar-refractivity contribution < 1.29 is 13.9 Å². The molecular formula is C25H23ClFN3O2S2. The standard InChI is InChI=1S/C25H23ClFN3O2S2/c1-13(2)33-24-21(17-9-10-19(26)14(3)11-17)28-25(34-24)30-22(23(31)32-5)20(15(4)29-30)16-7-6-8-18(27)12-16/h6-13H,1-5H3. The van der Waals surface area contributed by atoms with E-state index in [9.17, 15) is 9.18 Å². The van der Waals surface area contributed by atoms with E-state index in [-0.39, 0.29) is 5.69 Å². The molecule has 0 saturated carbocycles. The van der Waals surface area contributed by atoms with Crippen LogP contribution < -0.4 is 0 Å². The average Bonchev–Trinajstić information content (AvgIpc) is 3.35. The Morgan fingerprint density at radius 1 is 1.18 bits per heavy atom. The minimum atomic E-state index is -0.572. The normalized spacial score (nSPS) is 11.3. The van der Waals surface area contributed by atoms with Crippen molar-refractivity contribution in [1.82, 2.24) is 14.8 Å². The third-order valence-electron chi connectivity index (χ3n) is 5.09. The molecule has 176 valence electrons. The first-order chi connectivity index (χ1) is 16.2. The highest BCUT2D eigenvalue weighted by Crippen LogP contribution is 2.41. The molecule has 2 aromatic carbocycles. The van der Waals surface area contributed by atoms with Crippen molar-refractivity contribution >= 4 is 40.7 Å². The lowest BCUT2D eigenvalue weighted by atomic mass is 10.0. The Labute approximate surface area is 210 Å². The van der Waals surface area contributed by atoms with Crippen molar-refractivity contribution in [1.29, 1.82) is 0 Å². The number of aryl methyl sites for hydroxylation is 2. The SMILES string of the molecule is COC(=O)c1c(-c2cccc(F)c2)c(C)nn1-c1nc(-c2ccc(Cl)c(C)c2)c(SC(C)C)s1. The number of thioether (sulfide) groups is 1. The van der Waals surface area contributed by atoms with Crippen LogP contribution in [-0.2, 0) is 4.74 Å². The number of ether oxygens (including phenoxy) is 1. The Kier molecular flexibility index (Phi) is 7.12. The van der Waals surface area contributed by atoms with E-state index in [0.717, 1.165) is 21.0 Å². The van der Waals surface area contributed by atoms with Gasteiger partial charge in [0.25, 0.3) is 0 Å². The quantitative estimate of drug-likeness (QED) is 0.198. The number of hydrogen-bond acceptors (Lipinski definition) is 6. The number of carbonyl (C=O) groups is 1. The maximum absolute atomic E-state index is 14.0. The molecule has 0 bridgehead atoms. The molecule has 0 saturated heterocycles. The van der Waals surface area contributed by atoms with Crippen molar-refractivity contribution in [3.05, 3.63) is 70.3 Å². The van der Waals surface area contributed by atoms with Crippen LogP contribution in [-0.4, -0.2) is 33.1 Å². The van der Waals surface area contributed by atoms with Gasteiger partial charge in [-0.1, -0.05) is 55.0 Å². The first-order valence-electron chi connectivity index (χ1n) is 10.6. The molecule has 0 radical (unpaired) electrons. The van der Waals surface area contributed by atoms with Gasteiger partial charge in [0.2, 0.25) is 5.13 Å². The fourth-order valence-electron chi connectivity index (χ4n) is 3.59. The van der Waals surface area contributed by atoms with Gasteiger partial charge in [-0.15, -0.1) is 11.8 Å². The first kappa shape index (κ1) is 24.4. The molecular weight excluding hydrogens is 493 g/mol. The molecule has 0 atom stereocenters. The number of esters is 1. The molecule has 34 heavy (non-hydrogen) atoms. The largest absolute Gasteiger partial charge is 0.464 e. The van der Waals surface area contributed by atoms with Gasteiger partial charge in [0.1, 0.15) is 5.82 Å². The molecule has 2 heterocycles. The predicted octanol–water partition coefficient (Wildman–Crippen LogP) is 7.36. The number of carbonyl (C=O) groups excluding carboxylic acids is 1. The van der Waals surface area contributed by atoms with Crippen LogP contribution in [0.3, 0.4) is 0 Å². The van der Waals surface area contributed by atoms with Crippen LogP contribution in [0, 0.1) is 19.7 Å². The minimum absolute atomic E-state index is 0.208. The van der Waals surface area contributed by atoms with E-state index in [1.807, 2.05) is 25.1 Å². The van der Waals surface area contributed by atoms with Gasteiger partial charge in [0.05, 0.1) is 22.7 Å². The third kappa shape index (κ3) is 4.76. The van der Waals surface area contributed by atoms with Crippen LogP contribution in [0.4, 0.5) is 4.39 Å². The average molecular weight is 516 g/mol. The number of halogens is 2. The van der Waals surface area contributed by atoms with Gasteiger partial charge in [0.15, 0.2) is 5.69 Å². The van der Waals surface area contributed by atoms with Crippen LogP contribution in [0.1, 0.15) is 35.6 Å². The highest BCUT2D eigenvalue weighted by Gasteiger charge is 2.27. The smallest absolute Gasteiger partial charge is 0.357 e. The summed E-state index contributed by atoms with van der Waals surface area (Å²) in [6.07, 6.45) is 0. The molecule has 0 aliphatic heterocycles. The summed E-state index contributed by atoms with van der Waals surface area (Å²) in [4.78, 5) is 17.8. The molecule has 4 aromatic rings. The number of hydrogen-bond donors (Lipinski definition) is 0. The minimum Gasteiger partial charge on any atom is -0.464 e. The van der Waals surface area contributed by atoms with Crippen molar-refractivity contribution in [2.45, 2.75) is 37.2 Å². The lowest BCUT2D eigenvalue weighted by Gasteiger charge is -2.06. The van der Waals surface area contributed by atoms with E-state index >= 15 is 0 Å². The van der Waals surface area contributed by atoms with Crippen LogP contribution in [0.25, 0.3) is 27.5 Å². The zero-order valence-corrected chi connectivity index (χ0v) is 21.7. The van der Waals surface area contributed by atoms with E-state index in [1.165, 1.54) is 35.3 Å². The zero-order valence-electron chi connectivity index (χ0n) is 19.3. The lowest BCUT2D eigenvalue weighted by molar-refractivity contribution is 0.0591. The van der Waals surface area contributed by atoms with Gasteiger partial charge >= 0.3 is 5.97 Å². The molecule has 0 fully saturated rings. The Hall–Kier alpha value is -2.68. The number of rotatable bonds is 6. The Balaban J connectivity index is 1.94. The summed E-state index contributed by atoms with van der Waals surface area (Å²) in [7, 11) is 1.31. The first-order valence-corrected chi connectivity index (χ1v) is 12.6. The summed E-state index contributed by atoms with van der Waals surface area (Å²) >= 11 is 9.38. The van der Waals surface area contributed by atoms with Gasteiger partial charge in [-0.3, -0.25) is 0 Å². The van der Waals surface area contributed by atoms with E-state index in [0.29, 0.717) is 32.2 Å². The maximum atomic E-state index is 14.0. The molecule has 0 aliphatic rings. The number of aromatic nitrogens is 3. The monoisotopic (exact) mass is 515 g/mol. The second-order valence-electron chi connectivity index (χ2n) is 7.99. The lowest BCUT2D eigenvalue weighted by Crippen LogP contribution is -2.11. The Morgan fingerprint density at radius 2 is 1.94 bits per heavy atom. The summed E-state index contributed by atoms with van der Waals surface area (Å²) in [6, 6.07) is 11.9. The Bertz CT molecular complexity index is 1380. The summed E-state index contributed by atoms with van der Waals surface area (Å²) < 4.78 is 21.6. The fraction of sp³-hybridized carbons (Fsp3) is 0.240. The molecule has 4 rings (SSSR count). The molecule has 2 aromatic heterocycles. The van der Waals surface area contributed by atoms with Crippen molar-refractivity contribution in [3.8, 4) is 27.5 Å². The van der Waals surface area contributed by atoms with Gasteiger partial charge in [-0.2, -0.15) is 9.78 Å². The molecule has 9 heteroatoms. The van der Waals surface area contributed by atoms with Gasteiger partial charge in [0, 0.05) is 21.4 Å². The van der Waals surface area contributed by atoms with E-state index in [2.05, 4.69) is 18.9 Å². The topological polar surface area (TPSA) is 57.0 Å². The maximum Gasteiger partial charge on any atom is 0.357 e. The van der Waals surface area contributed by atoms with E-state index in [1.54, 1.807) is 30.8 Å². The van der Waals surface area contributed by atoms with Gasteiger partial charge in [-0.25, -0.2) is 14.2 Å². The summed E-state index contributed by atoms with van der Waals surface area (Å²) in [5, 5.41) is 6.16. The van der Waals surface area contributed by atoms with Crippen molar-refractivity contribution in [2.24, 2.45) is 0 Å². The van der Waals surface area contributed by atoms with Crippen LogP contribution in [0.5, 0.6) is 0 Å². The fourth-order valence-corrected chi connectivity index (χ4v) is 6.19. The predicted molar refractivity (Wildman–Crippen MR) is 137 cm³/mol. The second kappa shape index (κ2) is 9.90. The molecule has 0 unspecified atom stereocenters. The summed E-state index contributed by atoms with van der Waals surface area (Å²) in [5.41, 5.74) is 4.53. The molecule has 5 nitrogen and oxygen atoms in total. The number of methoxy groups -OCH3 is 1. The highest BCUT2D eigenvalue weighted by atomic mass is 35.5. The number of nitrogens with zero attached hydrogens (tertiary/aromatic N) is 3. The number of thiazole rings is 1. The third-order valence-corrected chi connectivity index (χ3v) is 7.76. The van der Waals surface area contributed by atoms with Crippen molar-refractivity contribution in [2.75, 3.05) is 7.11 Å². The van der Waals surface area contributed by atoms with Crippen LogP contribution >= 0.6 is 34.7 Å². The van der Waals surface area contributed by atoms with Crippen LogP contribution in [0.2, 0.25) is 5.02 Å². The summed E-state index contributed by atoms with van der Waals surface area (Å²) in [5.74, 6) is -0.970. The highest BCUT2D eigenvalue weighted by molar-refractivity contribution is 8.01. The van der Waals surface area contributed by atoms with Crippen molar-refractivity contribution in [3.63, 3.8) is 0 Å². The van der Waals surface area contributed by atoms with E-state index in [4.69, 9.17) is 21.3 Å². The van der Waals surface area contributed by atoms with Crippen LogP contribution in [0.15, 0.2) is 46.7 Å². The van der Waals surface area contributed by atoms with Gasteiger partial charge in [-0.05, 0) is 49.2 Å². The molecule has 0 aliphatic carbocycles. The molecule has 0 spiro atoms. The zero-order chi connectivity index (χ0) is 24.6.